The van der Waals surface area contributed by atoms with E-state index in [9.17, 15) is 0 Å². The zero-order valence-electron chi connectivity index (χ0n) is 10.6. The van der Waals surface area contributed by atoms with E-state index in [2.05, 4.69) is 32.6 Å². The van der Waals surface area contributed by atoms with Crippen LogP contribution < -0.4 is 0 Å². The van der Waals surface area contributed by atoms with Gasteiger partial charge in [-0.3, -0.25) is 4.90 Å². The van der Waals surface area contributed by atoms with Crippen molar-refractivity contribution in [1.82, 2.24) is 4.90 Å². The lowest BCUT2D eigenvalue weighted by Crippen LogP contribution is -2.59. The van der Waals surface area contributed by atoms with Crippen LogP contribution in [-0.4, -0.2) is 35.7 Å². The Morgan fingerprint density at radius 3 is 2.27 bits per heavy atom. The van der Waals surface area contributed by atoms with Gasteiger partial charge in [0.1, 0.15) is 0 Å². The molecule has 0 aromatic heterocycles. The SMILES string of the molecule is CC(C)C1CC2(CCO2)CCN1C(C)C. The molecule has 0 aromatic carbocycles. The fourth-order valence-corrected chi connectivity index (χ4v) is 3.11. The molecule has 2 unspecified atom stereocenters. The van der Waals surface area contributed by atoms with Crippen LogP contribution in [0.5, 0.6) is 0 Å². The van der Waals surface area contributed by atoms with Crippen LogP contribution in [0.1, 0.15) is 47.0 Å². The minimum Gasteiger partial charge on any atom is -0.375 e. The molecule has 2 heteroatoms. The summed E-state index contributed by atoms with van der Waals surface area (Å²) in [5.41, 5.74) is 0.278. The summed E-state index contributed by atoms with van der Waals surface area (Å²) in [6, 6.07) is 1.40. The molecule has 2 rings (SSSR count). The molecule has 0 N–H and O–H groups in total. The first-order chi connectivity index (χ1) is 7.04. The van der Waals surface area contributed by atoms with Crippen LogP contribution in [-0.2, 0) is 4.74 Å². The second-order valence-electron chi connectivity index (χ2n) is 5.88. The molecule has 15 heavy (non-hydrogen) atoms. The molecule has 2 heterocycles. The van der Waals surface area contributed by atoms with Gasteiger partial charge < -0.3 is 4.74 Å². The van der Waals surface area contributed by atoms with Crippen molar-refractivity contribution < 1.29 is 4.74 Å². The van der Waals surface area contributed by atoms with Gasteiger partial charge in [-0.05, 0) is 39.0 Å². The van der Waals surface area contributed by atoms with E-state index in [0.29, 0.717) is 6.04 Å². The average Bonchev–Trinajstić information content (AvgIpc) is 2.14. The van der Waals surface area contributed by atoms with Gasteiger partial charge in [0.15, 0.2) is 0 Å². The maximum atomic E-state index is 5.84. The van der Waals surface area contributed by atoms with Crippen molar-refractivity contribution in [3.05, 3.63) is 0 Å². The van der Waals surface area contributed by atoms with Crippen molar-refractivity contribution in [2.45, 2.75) is 64.6 Å². The van der Waals surface area contributed by atoms with Crippen LogP contribution in [0, 0.1) is 5.92 Å². The summed E-state index contributed by atoms with van der Waals surface area (Å²) in [6.45, 7) is 11.5. The van der Waals surface area contributed by atoms with Crippen molar-refractivity contribution in [3.63, 3.8) is 0 Å². The van der Waals surface area contributed by atoms with E-state index in [1.807, 2.05) is 0 Å². The fraction of sp³-hybridized carbons (Fsp3) is 1.00. The molecule has 88 valence electrons. The second kappa shape index (κ2) is 4.06. The number of likely N-dealkylation sites (tertiary alicyclic amines) is 1. The molecule has 2 fully saturated rings. The third kappa shape index (κ3) is 2.07. The van der Waals surface area contributed by atoms with Crippen LogP contribution in [0.2, 0.25) is 0 Å². The van der Waals surface area contributed by atoms with Crippen LogP contribution in [0.4, 0.5) is 0 Å². The predicted molar refractivity (Wildman–Crippen MR) is 63.0 cm³/mol. The topological polar surface area (TPSA) is 12.5 Å². The molecule has 0 radical (unpaired) electrons. The summed E-state index contributed by atoms with van der Waals surface area (Å²) >= 11 is 0. The molecule has 0 saturated carbocycles. The summed E-state index contributed by atoms with van der Waals surface area (Å²) in [4.78, 5) is 2.66. The number of rotatable bonds is 2. The Morgan fingerprint density at radius 1 is 1.20 bits per heavy atom. The maximum absolute atomic E-state index is 5.84. The number of hydrogen-bond donors (Lipinski definition) is 0. The highest BCUT2D eigenvalue weighted by Gasteiger charge is 2.46. The van der Waals surface area contributed by atoms with E-state index >= 15 is 0 Å². The molecule has 0 amide bonds. The Hall–Kier alpha value is -0.0800. The highest BCUT2D eigenvalue weighted by atomic mass is 16.5. The Kier molecular flexibility index (Phi) is 3.09. The Morgan fingerprint density at radius 2 is 1.87 bits per heavy atom. The van der Waals surface area contributed by atoms with Crippen molar-refractivity contribution >= 4 is 0 Å². The summed E-state index contributed by atoms with van der Waals surface area (Å²) in [7, 11) is 0. The van der Waals surface area contributed by atoms with Gasteiger partial charge >= 0.3 is 0 Å². The quantitative estimate of drug-likeness (QED) is 0.696. The zero-order chi connectivity index (χ0) is 11.1. The van der Waals surface area contributed by atoms with Gasteiger partial charge in [0.25, 0.3) is 0 Å². The highest BCUT2D eigenvalue weighted by molar-refractivity contribution is 4.98. The number of nitrogens with zero attached hydrogens (tertiary/aromatic N) is 1. The summed E-state index contributed by atoms with van der Waals surface area (Å²) < 4.78 is 5.84. The summed E-state index contributed by atoms with van der Waals surface area (Å²) in [6.07, 6.45) is 3.79. The summed E-state index contributed by atoms with van der Waals surface area (Å²) in [5, 5.41) is 0. The third-order valence-corrected chi connectivity index (χ3v) is 4.23. The van der Waals surface area contributed by atoms with Crippen molar-refractivity contribution in [1.29, 1.82) is 0 Å². The molecule has 0 bridgehead atoms. The van der Waals surface area contributed by atoms with Crippen LogP contribution in [0.15, 0.2) is 0 Å². The molecule has 2 aliphatic rings. The second-order valence-corrected chi connectivity index (χ2v) is 5.88. The van der Waals surface area contributed by atoms with Crippen LogP contribution in [0.25, 0.3) is 0 Å². The van der Waals surface area contributed by atoms with Gasteiger partial charge in [0, 0.05) is 18.6 Å². The van der Waals surface area contributed by atoms with Crippen molar-refractivity contribution in [2.75, 3.05) is 13.2 Å². The molecule has 2 atom stereocenters. The predicted octanol–water partition coefficient (Wildman–Crippen LogP) is 2.67. The van der Waals surface area contributed by atoms with E-state index in [4.69, 9.17) is 4.74 Å². The molecular formula is C13H25NO. The lowest BCUT2D eigenvalue weighted by atomic mass is 9.77. The largest absolute Gasteiger partial charge is 0.375 e. The van der Waals surface area contributed by atoms with Gasteiger partial charge in [-0.15, -0.1) is 0 Å². The Balaban J connectivity index is 2.05. The third-order valence-electron chi connectivity index (χ3n) is 4.23. The highest BCUT2D eigenvalue weighted by Crippen LogP contribution is 2.41. The fourth-order valence-electron chi connectivity index (χ4n) is 3.11. The van der Waals surface area contributed by atoms with Gasteiger partial charge in [-0.1, -0.05) is 13.8 Å². The molecular weight excluding hydrogens is 186 g/mol. The lowest BCUT2D eigenvalue weighted by molar-refractivity contribution is -0.189. The lowest BCUT2D eigenvalue weighted by Gasteiger charge is -2.53. The average molecular weight is 211 g/mol. The van der Waals surface area contributed by atoms with Gasteiger partial charge in [-0.2, -0.15) is 0 Å². The van der Waals surface area contributed by atoms with E-state index in [0.717, 1.165) is 18.6 Å². The normalized spacial score (nSPS) is 37.6. The molecule has 1 spiro atoms. The standard InChI is InChI=1S/C13H25NO/c1-10(2)12-9-13(6-8-15-13)5-7-14(12)11(3)4/h10-12H,5-9H2,1-4H3. The van der Waals surface area contributed by atoms with E-state index < -0.39 is 0 Å². The first-order valence-corrected chi connectivity index (χ1v) is 6.44. The van der Waals surface area contributed by atoms with E-state index in [-0.39, 0.29) is 5.60 Å². The van der Waals surface area contributed by atoms with E-state index in [1.54, 1.807) is 0 Å². The smallest absolute Gasteiger partial charge is 0.0731 e. The van der Waals surface area contributed by atoms with Crippen LogP contribution >= 0.6 is 0 Å². The number of hydrogen-bond acceptors (Lipinski definition) is 2. The number of ether oxygens (including phenoxy) is 1. The van der Waals surface area contributed by atoms with Crippen LogP contribution in [0.3, 0.4) is 0 Å². The van der Waals surface area contributed by atoms with Gasteiger partial charge in [0.05, 0.1) is 12.2 Å². The maximum Gasteiger partial charge on any atom is 0.0731 e. The molecule has 2 aliphatic heterocycles. The minimum absolute atomic E-state index is 0.278. The van der Waals surface area contributed by atoms with Crippen molar-refractivity contribution in [3.8, 4) is 0 Å². The zero-order valence-corrected chi connectivity index (χ0v) is 10.6. The van der Waals surface area contributed by atoms with Crippen molar-refractivity contribution in [2.24, 2.45) is 5.92 Å². The molecule has 0 aromatic rings. The Labute approximate surface area is 94.0 Å². The van der Waals surface area contributed by atoms with E-state index in [1.165, 1.54) is 25.8 Å². The van der Waals surface area contributed by atoms with Gasteiger partial charge in [-0.25, -0.2) is 0 Å². The monoisotopic (exact) mass is 211 g/mol. The first kappa shape index (κ1) is 11.4. The number of piperidine rings is 1. The molecule has 2 saturated heterocycles. The minimum atomic E-state index is 0.278. The molecule has 0 aliphatic carbocycles. The van der Waals surface area contributed by atoms with Gasteiger partial charge in [0.2, 0.25) is 0 Å². The molecule has 2 nitrogen and oxygen atoms in total. The first-order valence-electron chi connectivity index (χ1n) is 6.44. The Bertz CT molecular complexity index is 221. The summed E-state index contributed by atoms with van der Waals surface area (Å²) in [5.74, 6) is 0.744.